The number of anilines is 2. The highest BCUT2D eigenvalue weighted by Crippen LogP contribution is 2.31. The summed E-state index contributed by atoms with van der Waals surface area (Å²) in [6.07, 6.45) is 4.35. The Hall–Kier alpha value is -2.32. The van der Waals surface area contributed by atoms with Crippen LogP contribution < -0.4 is 10.2 Å². The van der Waals surface area contributed by atoms with Crippen molar-refractivity contribution in [1.29, 1.82) is 0 Å². The number of para-hydroxylation sites is 1. The minimum Gasteiger partial charge on any atom is -0.445 e. The van der Waals surface area contributed by atoms with Crippen molar-refractivity contribution in [1.82, 2.24) is 9.97 Å². The first-order valence-corrected chi connectivity index (χ1v) is 9.97. The quantitative estimate of drug-likeness (QED) is 0.608. The number of thiazole rings is 1. The standard InChI is InChI=1S/C18H20N4O2S2/c1-4-12-9-19-15(24-12)11-25-16-10-20-18(26-16)21-17(23)13-7-5-6-8-14(13)22(2)3/h5-10H,4,11H2,1-3H3,(H,20,21,23). The van der Waals surface area contributed by atoms with Crippen molar-refractivity contribution < 1.29 is 9.21 Å². The Morgan fingerprint density at radius 2 is 2.08 bits per heavy atom. The lowest BCUT2D eigenvalue weighted by atomic mass is 10.1. The fraction of sp³-hybridized carbons (Fsp3) is 0.278. The molecule has 0 saturated heterocycles. The molecule has 1 amide bonds. The van der Waals surface area contributed by atoms with Gasteiger partial charge in [-0.1, -0.05) is 30.4 Å². The van der Waals surface area contributed by atoms with E-state index >= 15 is 0 Å². The van der Waals surface area contributed by atoms with Crippen LogP contribution in [-0.2, 0) is 12.2 Å². The van der Waals surface area contributed by atoms with Crippen molar-refractivity contribution in [2.75, 3.05) is 24.3 Å². The molecule has 136 valence electrons. The number of amides is 1. The average Bonchev–Trinajstić information content (AvgIpc) is 3.28. The molecule has 0 bridgehead atoms. The van der Waals surface area contributed by atoms with Gasteiger partial charge in [0.15, 0.2) is 5.13 Å². The molecule has 0 atom stereocenters. The molecule has 2 aromatic heterocycles. The van der Waals surface area contributed by atoms with Crippen LogP contribution in [-0.4, -0.2) is 30.0 Å². The third kappa shape index (κ3) is 4.44. The topological polar surface area (TPSA) is 71.3 Å². The van der Waals surface area contributed by atoms with Crippen LogP contribution in [0.15, 0.2) is 45.3 Å². The highest BCUT2D eigenvalue weighted by Gasteiger charge is 2.14. The fourth-order valence-corrected chi connectivity index (χ4v) is 4.04. The Labute approximate surface area is 160 Å². The lowest BCUT2D eigenvalue weighted by Gasteiger charge is -2.16. The SMILES string of the molecule is CCc1cnc(CSc2cnc(NC(=O)c3ccccc3N(C)C)s2)o1. The third-order valence-electron chi connectivity index (χ3n) is 3.62. The van der Waals surface area contributed by atoms with Crippen molar-refractivity contribution in [2.45, 2.75) is 23.3 Å². The predicted octanol–water partition coefficient (Wildman–Crippen LogP) is 4.30. The number of nitrogens with zero attached hydrogens (tertiary/aromatic N) is 3. The number of carbonyl (C=O) groups excluding carboxylic acids is 1. The molecule has 6 nitrogen and oxygen atoms in total. The Balaban J connectivity index is 1.62. The number of benzene rings is 1. The Morgan fingerprint density at radius 3 is 2.81 bits per heavy atom. The van der Waals surface area contributed by atoms with Crippen molar-refractivity contribution >= 4 is 39.8 Å². The van der Waals surface area contributed by atoms with Gasteiger partial charge in [-0.05, 0) is 12.1 Å². The molecule has 3 aromatic rings. The number of nitrogens with one attached hydrogen (secondary N) is 1. The normalized spacial score (nSPS) is 10.7. The molecule has 0 aliphatic rings. The average molecular weight is 389 g/mol. The van der Waals surface area contributed by atoms with E-state index in [9.17, 15) is 4.79 Å². The Kier molecular flexibility index (Phi) is 5.95. The summed E-state index contributed by atoms with van der Waals surface area (Å²) >= 11 is 3.03. The summed E-state index contributed by atoms with van der Waals surface area (Å²) in [5.41, 5.74) is 1.49. The predicted molar refractivity (Wildman–Crippen MR) is 106 cm³/mol. The number of hydrogen-bond acceptors (Lipinski definition) is 7. The number of aromatic nitrogens is 2. The van der Waals surface area contributed by atoms with Crippen LogP contribution in [0.2, 0.25) is 0 Å². The van der Waals surface area contributed by atoms with E-state index in [1.807, 2.05) is 50.2 Å². The van der Waals surface area contributed by atoms with Gasteiger partial charge in [-0.2, -0.15) is 0 Å². The number of thioether (sulfide) groups is 1. The molecule has 26 heavy (non-hydrogen) atoms. The second kappa shape index (κ2) is 8.37. The van der Waals surface area contributed by atoms with Crippen molar-refractivity contribution in [2.24, 2.45) is 0 Å². The van der Waals surface area contributed by atoms with Gasteiger partial charge in [-0.3, -0.25) is 10.1 Å². The minimum atomic E-state index is -0.166. The van der Waals surface area contributed by atoms with Gasteiger partial charge in [0.05, 0.1) is 27.9 Å². The summed E-state index contributed by atoms with van der Waals surface area (Å²) in [6, 6.07) is 7.49. The number of oxazole rings is 1. The summed E-state index contributed by atoms with van der Waals surface area (Å²) in [7, 11) is 3.83. The zero-order valence-electron chi connectivity index (χ0n) is 14.9. The summed E-state index contributed by atoms with van der Waals surface area (Å²) in [6.45, 7) is 2.03. The van der Waals surface area contributed by atoms with E-state index < -0.39 is 0 Å². The van der Waals surface area contributed by atoms with Crippen LogP contribution in [0, 0.1) is 0 Å². The maximum absolute atomic E-state index is 12.6. The highest BCUT2D eigenvalue weighted by atomic mass is 32.2. The maximum Gasteiger partial charge on any atom is 0.259 e. The van der Waals surface area contributed by atoms with Crippen LogP contribution >= 0.6 is 23.1 Å². The molecule has 1 aromatic carbocycles. The molecule has 0 aliphatic carbocycles. The molecule has 0 fully saturated rings. The van der Waals surface area contributed by atoms with Crippen molar-refractivity contribution in [3.05, 3.63) is 53.9 Å². The number of hydrogen-bond donors (Lipinski definition) is 1. The monoisotopic (exact) mass is 388 g/mol. The van der Waals surface area contributed by atoms with E-state index in [4.69, 9.17) is 4.42 Å². The molecule has 0 saturated carbocycles. The summed E-state index contributed by atoms with van der Waals surface area (Å²) < 4.78 is 6.59. The first-order chi connectivity index (χ1) is 12.6. The van der Waals surface area contributed by atoms with Crippen molar-refractivity contribution in [3.63, 3.8) is 0 Å². The summed E-state index contributed by atoms with van der Waals surface area (Å²) in [5, 5.41) is 3.45. The first kappa shape index (κ1) is 18.5. The van der Waals surface area contributed by atoms with E-state index in [-0.39, 0.29) is 5.91 Å². The van der Waals surface area contributed by atoms with Crippen LogP contribution in [0.1, 0.15) is 28.9 Å². The van der Waals surface area contributed by atoms with Crippen LogP contribution in [0.4, 0.5) is 10.8 Å². The van der Waals surface area contributed by atoms with Crippen molar-refractivity contribution in [3.8, 4) is 0 Å². The first-order valence-electron chi connectivity index (χ1n) is 8.16. The van der Waals surface area contributed by atoms with Gasteiger partial charge in [0.25, 0.3) is 5.91 Å². The molecule has 0 spiro atoms. The smallest absolute Gasteiger partial charge is 0.259 e. The number of rotatable bonds is 7. The second-order valence-corrected chi connectivity index (χ2v) is 8.02. The summed E-state index contributed by atoms with van der Waals surface area (Å²) in [4.78, 5) is 23.0. The molecule has 8 heteroatoms. The number of carbonyl (C=O) groups is 1. The molecular formula is C18H20N4O2S2. The van der Waals surface area contributed by atoms with E-state index in [0.29, 0.717) is 22.3 Å². The van der Waals surface area contributed by atoms with Crippen LogP contribution in [0.3, 0.4) is 0 Å². The largest absolute Gasteiger partial charge is 0.445 e. The van der Waals surface area contributed by atoms with Gasteiger partial charge in [-0.15, -0.1) is 11.8 Å². The molecule has 3 rings (SSSR count). The molecule has 0 unspecified atom stereocenters. The maximum atomic E-state index is 12.6. The highest BCUT2D eigenvalue weighted by molar-refractivity contribution is 8.00. The summed E-state index contributed by atoms with van der Waals surface area (Å²) in [5.74, 6) is 2.06. The zero-order valence-corrected chi connectivity index (χ0v) is 16.5. The van der Waals surface area contributed by atoms with E-state index in [1.165, 1.54) is 11.3 Å². The second-order valence-electron chi connectivity index (χ2n) is 5.71. The molecule has 2 heterocycles. The third-order valence-corrected chi connectivity index (χ3v) is 5.72. The van der Waals surface area contributed by atoms with Gasteiger partial charge >= 0.3 is 0 Å². The van der Waals surface area contributed by atoms with E-state index in [2.05, 4.69) is 15.3 Å². The molecule has 0 radical (unpaired) electrons. The van der Waals surface area contributed by atoms with Gasteiger partial charge in [-0.25, -0.2) is 9.97 Å². The van der Waals surface area contributed by atoms with Crippen LogP contribution in [0.25, 0.3) is 0 Å². The zero-order chi connectivity index (χ0) is 18.5. The fourth-order valence-electron chi connectivity index (χ4n) is 2.31. The lowest BCUT2D eigenvalue weighted by molar-refractivity contribution is 0.102. The van der Waals surface area contributed by atoms with E-state index in [1.54, 1.807) is 24.2 Å². The van der Waals surface area contributed by atoms with Gasteiger partial charge in [0.1, 0.15) is 5.76 Å². The molecular weight excluding hydrogens is 368 g/mol. The van der Waals surface area contributed by atoms with E-state index in [0.717, 1.165) is 22.1 Å². The Morgan fingerprint density at radius 1 is 1.27 bits per heavy atom. The molecule has 0 aliphatic heterocycles. The molecule has 1 N–H and O–H groups in total. The van der Waals surface area contributed by atoms with Gasteiger partial charge < -0.3 is 9.32 Å². The lowest BCUT2D eigenvalue weighted by Crippen LogP contribution is -2.18. The minimum absolute atomic E-state index is 0.166. The van der Waals surface area contributed by atoms with Gasteiger partial charge in [0.2, 0.25) is 5.89 Å². The number of aryl methyl sites for hydroxylation is 1. The Bertz CT molecular complexity index is 889. The van der Waals surface area contributed by atoms with Crippen LogP contribution in [0.5, 0.6) is 0 Å². The van der Waals surface area contributed by atoms with Gasteiger partial charge in [0, 0.05) is 26.2 Å².